The Morgan fingerprint density at radius 1 is 1.50 bits per heavy atom. The molecule has 12 heavy (non-hydrogen) atoms. The fraction of sp³-hybridized carbons (Fsp3) is 0.857. The van der Waals surface area contributed by atoms with Crippen molar-refractivity contribution in [3.05, 3.63) is 0 Å². The number of amidine groups is 1. The molecular formula is C7H13F3N2. The summed E-state index contributed by atoms with van der Waals surface area (Å²) in [5.74, 6) is 0.270. The second-order valence-electron chi connectivity index (χ2n) is 2.64. The van der Waals surface area contributed by atoms with Crippen molar-refractivity contribution in [1.29, 1.82) is 0 Å². The Hall–Kier alpha value is -0.740. The monoisotopic (exact) mass is 182 g/mol. The predicted molar refractivity (Wildman–Crippen MR) is 42.0 cm³/mol. The number of hydrogen-bond donors (Lipinski definition) is 1. The van der Waals surface area contributed by atoms with Crippen molar-refractivity contribution in [2.75, 3.05) is 0 Å². The molecule has 0 radical (unpaired) electrons. The van der Waals surface area contributed by atoms with Crippen molar-refractivity contribution in [1.82, 2.24) is 0 Å². The first-order valence-corrected chi connectivity index (χ1v) is 3.74. The highest BCUT2D eigenvalue weighted by Crippen LogP contribution is 2.22. The molecule has 1 atom stereocenters. The Morgan fingerprint density at radius 3 is 2.33 bits per heavy atom. The SMILES string of the molecule is CCC(N)=NC(C)CC(F)(F)F. The zero-order valence-electron chi connectivity index (χ0n) is 7.15. The molecule has 5 heteroatoms. The number of alkyl halides is 3. The van der Waals surface area contributed by atoms with Crippen LogP contribution < -0.4 is 5.73 Å². The second kappa shape index (κ2) is 4.33. The summed E-state index contributed by atoms with van der Waals surface area (Å²) in [6.07, 6.45) is -4.58. The molecule has 0 aliphatic carbocycles. The van der Waals surface area contributed by atoms with E-state index in [-0.39, 0.29) is 5.84 Å². The predicted octanol–water partition coefficient (Wildman–Crippen LogP) is 2.09. The van der Waals surface area contributed by atoms with E-state index in [1.807, 2.05) is 0 Å². The van der Waals surface area contributed by atoms with Crippen LogP contribution in [0.5, 0.6) is 0 Å². The van der Waals surface area contributed by atoms with Crippen LogP contribution >= 0.6 is 0 Å². The summed E-state index contributed by atoms with van der Waals surface area (Å²) in [6, 6.07) is -0.773. The maximum atomic E-state index is 11.8. The lowest BCUT2D eigenvalue weighted by Gasteiger charge is -2.10. The van der Waals surface area contributed by atoms with Crippen LogP contribution in [-0.4, -0.2) is 18.1 Å². The number of hydrogen-bond acceptors (Lipinski definition) is 1. The quantitative estimate of drug-likeness (QED) is 0.526. The molecular weight excluding hydrogens is 169 g/mol. The van der Waals surface area contributed by atoms with E-state index >= 15 is 0 Å². The Kier molecular flexibility index (Phi) is 4.06. The maximum Gasteiger partial charge on any atom is 0.391 e. The van der Waals surface area contributed by atoms with Gasteiger partial charge in [-0.3, -0.25) is 4.99 Å². The number of nitrogens with two attached hydrogens (primary N) is 1. The van der Waals surface area contributed by atoms with Crippen molar-refractivity contribution in [2.24, 2.45) is 10.7 Å². The van der Waals surface area contributed by atoms with E-state index in [0.29, 0.717) is 6.42 Å². The summed E-state index contributed by atoms with van der Waals surface area (Å²) in [6.45, 7) is 3.15. The average Bonchev–Trinajstić information content (AvgIpc) is 1.82. The van der Waals surface area contributed by atoms with Crippen LogP contribution in [-0.2, 0) is 0 Å². The van der Waals surface area contributed by atoms with Crippen molar-refractivity contribution >= 4 is 5.84 Å². The molecule has 0 saturated heterocycles. The van der Waals surface area contributed by atoms with Gasteiger partial charge in [-0.1, -0.05) is 6.92 Å². The topological polar surface area (TPSA) is 38.4 Å². The average molecular weight is 182 g/mol. The van der Waals surface area contributed by atoms with Crippen molar-refractivity contribution in [3.8, 4) is 0 Å². The second-order valence-corrected chi connectivity index (χ2v) is 2.64. The van der Waals surface area contributed by atoms with Gasteiger partial charge in [0.15, 0.2) is 0 Å². The molecule has 0 aromatic heterocycles. The lowest BCUT2D eigenvalue weighted by Crippen LogP contribution is -2.19. The van der Waals surface area contributed by atoms with Crippen LogP contribution in [0.15, 0.2) is 4.99 Å². The van der Waals surface area contributed by atoms with Gasteiger partial charge in [0.1, 0.15) is 0 Å². The Bertz CT molecular complexity index is 163. The minimum atomic E-state index is -4.16. The molecule has 2 N–H and O–H groups in total. The van der Waals surface area contributed by atoms with Gasteiger partial charge in [-0.2, -0.15) is 13.2 Å². The largest absolute Gasteiger partial charge is 0.391 e. The summed E-state index contributed by atoms with van der Waals surface area (Å²) in [5, 5.41) is 0. The number of nitrogens with zero attached hydrogens (tertiary/aromatic N) is 1. The van der Waals surface area contributed by atoms with Gasteiger partial charge in [0.2, 0.25) is 0 Å². The summed E-state index contributed by atoms with van der Waals surface area (Å²) in [7, 11) is 0. The molecule has 1 unspecified atom stereocenters. The molecule has 0 aromatic carbocycles. The molecule has 2 nitrogen and oxygen atoms in total. The fourth-order valence-corrected chi connectivity index (χ4v) is 0.755. The first-order chi connectivity index (χ1) is 5.35. The summed E-state index contributed by atoms with van der Waals surface area (Å²) < 4.78 is 35.3. The van der Waals surface area contributed by atoms with Gasteiger partial charge in [-0.25, -0.2) is 0 Å². The zero-order chi connectivity index (χ0) is 9.78. The van der Waals surface area contributed by atoms with E-state index in [4.69, 9.17) is 5.73 Å². The van der Waals surface area contributed by atoms with E-state index in [0.717, 1.165) is 0 Å². The minimum Gasteiger partial charge on any atom is -0.387 e. The zero-order valence-corrected chi connectivity index (χ0v) is 7.15. The van der Waals surface area contributed by atoms with E-state index in [9.17, 15) is 13.2 Å². The molecule has 0 fully saturated rings. The molecule has 0 amide bonds. The third-order valence-electron chi connectivity index (χ3n) is 1.28. The lowest BCUT2D eigenvalue weighted by molar-refractivity contribution is -0.137. The van der Waals surface area contributed by atoms with E-state index in [2.05, 4.69) is 4.99 Å². The summed E-state index contributed by atoms with van der Waals surface area (Å²) in [5.41, 5.74) is 5.28. The van der Waals surface area contributed by atoms with Crippen molar-refractivity contribution < 1.29 is 13.2 Å². The van der Waals surface area contributed by atoms with E-state index in [1.54, 1.807) is 6.92 Å². The molecule has 0 rings (SSSR count). The molecule has 0 aliphatic rings. The summed E-state index contributed by atoms with van der Waals surface area (Å²) in [4.78, 5) is 3.66. The first kappa shape index (κ1) is 11.3. The van der Waals surface area contributed by atoms with Crippen LogP contribution in [0.1, 0.15) is 26.7 Å². The van der Waals surface area contributed by atoms with Crippen LogP contribution in [0.25, 0.3) is 0 Å². The molecule has 0 heterocycles. The van der Waals surface area contributed by atoms with Gasteiger partial charge in [0, 0.05) is 6.42 Å². The molecule has 0 bridgehead atoms. The maximum absolute atomic E-state index is 11.8. The third-order valence-corrected chi connectivity index (χ3v) is 1.28. The normalized spacial score (nSPS) is 16.2. The number of rotatable bonds is 3. The highest BCUT2D eigenvalue weighted by molar-refractivity contribution is 5.80. The Morgan fingerprint density at radius 2 is 2.00 bits per heavy atom. The molecule has 0 aliphatic heterocycles. The Balaban J connectivity index is 3.97. The van der Waals surface area contributed by atoms with Crippen LogP contribution in [0.3, 0.4) is 0 Å². The Labute approximate surface area is 69.7 Å². The highest BCUT2D eigenvalue weighted by atomic mass is 19.4. The molecule has 0 saturated carbocycles. The van der Waals surface area contributed by atoms with Gasteiger partial charge in [0.05, 0.1) is 18.3 Å². The molecule has 0 aromatic rings. The van der Waals surface area contributed by atoms with E-state index in [1.165, 1.54) is 6.92 Å². The van der Waals surface area contributed by atoms with Gasteiger partial charge < -0.3 is 5.73 Å². The number of halogens is 3. The van der Waals surface area contributed by atoms with Crippen LogP contribution in [0, 0.1) is 0 Å². The third kappa shape index (κ3) is 6.00. The highest BCUT2D eigenvalue weighted by Gasteiger charge is 2.29. The van der Waals surface area contributed by atoms with Gasteiger partial charge in [-0.05, 0) is 6.92 Å². The smallest absolute Gasteiger partial charge is 0.387 e. The van der Waals surface area contributed by atoms with Crippen LogP contribution in [0.4, 0.5) is 13.2 Å². The van der Waals surface area contributed by atoms with Crippen LogP contribution in [0.2, 0.25) is 0 Å². The van der Waals surface area contributed by atoms with Gasteiger partial charge in [0.25, 0.3) is 0 Å². The summed E-state index contributed by atoms with van der Waals surface area (Å²) >= 11 is 0. The fourth-order valence-electron chi connectivity index (χ4n) is 0.755. The standard InChI is InChI=1S/C7H13F3N2/c1-3-6(11)12-5(2)4-7(8,9)10/h5H,3-4H2,1-2H3,(H2,11,12). The molecule has 72 valence electrons. The number of aliphatic imine (C=N–C) groups is 1. The molecule has 0 spiro atoms. The lowest BCUT2D eigenvalue weighted by atomic mass is 10.2. The minimum absolute atomic E-state index is 0.270. The van der Waals surface area contributed by atoms with Gasteiger partial charge >= 0.3 is 6.18 Å². The van der Waals surface area contributed by atoms with E-state index < -0.39 is 18.6 Å². The van der Waals surface area contributed by atoms with Crippen molar-refractivity contribution in [3.63, 3.8) is 0 Å². The van der Waals surface area contributed by atoms with Crippen molar-refractivity contribution in [2.45, 2.75) is 38.9 Å². The van der Waals surface area contributed by atoms with Gasteiger partial charge in [-0.15, -0.1) is 0 Å². The first-order valence-electron chi connectivity index (χ1n) is 3.74.